The van der Waals surface area contributed by atoms with Gasteiger partial charge in [0.1, 0.15) is 0 Å². The second-order valence-corrected chi connectivity index (χ2v) is 10.5. The van der Waals surface area contributed by atoms with Gasteiger partial charge in [0, 0.05) is 30.3 Å². The van der Waals surface area contributed by atoms with Crippen molar-refractivity contribution in [3.8, 4) is 0 Å². The van der Waals surface area contributed by atoms with Crippen LogP contribution in [0.3, 0.4) is 0 Å². The van der Waals surface area contributed by atoms with E-state index in [9.17, 15) is 18.0 Å². The monoisotopic (exact) mass is 442 g/mol. The fraction of sp³-hybridized carbons (Fsp3) is 0.417. The van der Waals surface area contributed by atoms with Crippen LogP contribution in [0.5, 0.6) is 0 Å². The SMILES string of the molecule is CCC(=O)N1c2ccc(S(=O)(=O)CCC(=O)Nc3ccc(C(C)C)cc3)cc2CC1C. The number of carbonyl (C=O) groups excluding carboxylic acids is 2. The van der Waals surface area contributed by atoms with Crippen LogP contribution in [0.4, 0.5) is 11.4 Å². The third-order valence-electron chi connectivity index (χ3n) is 5.66. The Labute approximate surface area is 184 Å². The summed E-state index contributed by atoms with van der Waals surface area (Å²) in [6.07, 6.45) is 0.901. The van der Waals surface area contributed by atoms with Crippen molar-refractivity contribution in [2.24, 2.45) is 0 Å². The summed E-state index contributed by atoms with van der Waals surface area (Å²) in [5.41, 5.74) is 3.45. The van der Waals surface area contributed by atoms with Crippen molar-refractivity contribution in [3.63, 3.8) is 0 Å². The predicted octanol–water partition coefficient (Wildman–Crippen LogP) is 4.30. The number of hydrogen-bond donors (Lipinski definition) is 1. The van der Waals surface area contributed by atoms with E-state index in [0.717, 1.165) is 11.3 Å². The molecule has 1 N–H and O–H groups in total. The molecule has 0 aliphatic carbocycles. The minimum absolute atomic E-state index is 0.00765. The molecule has 0 spiro atoms. The molecule has 166 valence electrons. The van der Waals surface area contributed by atoms with Gasteiger partial charge < -0.3 is 10.2 Å². The van der Waals surface area contributed by atoms with Crippen LogP contribution in [-0.4, -0.2) is 32.0 Å². The van der Waals surface area contributed by atoms with Gasteiger partial charge in [0.15, 0.2) is 9.84 Å². The van der Waals surface area contributed by atoms with Gasteiger partial charge >= 0.3 is 0 Å². The summed E-state index contributed by atoms with van der Waals surface area (Å²) in [5, 5.41) is 2.76. The number of fused-ring (bicyclic) bond motifs is 1. The van der Waals surface area contributed by atoms with E-state index in [1.807, 2.05) is 38.1 Å². The molecule has 0 saturated heterocycles. The Bertz CT molecular complexity index is 1080. The lowest BCUT2D eigenvalue weighted by Gasteiger charge is -2.22. The lowest BCUT2D eigenvalue weighted by atomic mass is 10.0. The van der Waals surface area contributed by atoms with E-state index in [-0.39, 0.29) is 34.9 Å². The van der Waals surface area contributed by atoms with Crippen molar-refractivity contribution in [1.29, 1.82) is 0 Å². The van der Waals surface area contributed by atoms with Crippen LogP contribution >= 0.6 is 0 Å². The molecule has 7 heteroatoms. The molecule has 0 aromatic heterocycles. The van der Waals surface area contributed by atoms with Crippen LogP contribution in [0.1, 0.15) is 57.6 Å². The summed E-state index contributed by atoms with van der Waals surface area (Å²) < 4.78 is 25.6. The largest absolute Gasteiger partial charge is 0.326 e. The molecule has 2 amide bonds. The van der Waals surface area contributed by atoms with E-state index < -0.39 is 9.84 Å². The highest BCUT2D eigenvalue weighted by atomic mass is 32.2. The van der Waals surface area contributed by atoms with E-state index in [1.165, 1.54) is 11.6 Å². The van der Waals surface area contributed by atoms with Gasteiger partial charge in [-0.05, 0) is 60.7 Å². The molecular weight excluding hydrogens is 412 g/mol. The molecule has 0 bridgehead atoms. The minimum Gasteiger partial charge on any atom is -0.326 e. The van der Waals surface area contributed by atoms with Gasteiger partial charge in [-0.1, -0.05) is 32.9 Å². The van der Waals surface area contributed by atoms with Crippen LogP contribution in [0, 0.1) is 0 Å². The first-order chi connectivity index (χ1) is 14.6. The lowest BCUT2D eigenvalue weighted by Crippen LogP contribution is -2.35. The number of amides is 2. The fourth-order valence-electron chi connectivity index (χ4n) is 3.87. The number of carbonyl (C=O) groups is 2. The Balaban J connectivity index is 1.65. The van der Waals surface area contributed by atoms with Gasteiger partial charge in [-0.15, -0.1) is 0 Å². The van der Waals surface area contributed by atoms with Crippen LogP contribution in [0.15, 0.2) is 47.4 Å². The maximum Gasteiger partial charge on any atom is 0.226 e. The van der Waals surface area contributed by atoms with Gasteiger partial charge in [0.2, 0.25) is 11.8 Å². The Morgan fingerprint density at radius 2 is 1.81 bits per heavy atom. The molecule has 31 heavy (non-hydrogen) atoms. The maximum atomic E-state index is 12.8. The molecule has 6 nitrogen and oxygen atoms in total. The molecule has 1 atom stereocenters. The normalized spacial score (nSPS) is 15.8. The zero-order valence-corrected chi connectivity index (χ0v) is 19.3. The summed E-state index contributed by atoms with van der Waals surface area (Å²) in [6.45, 7) is 7.96. The Kier molecular flexibility index (Phi) is 6.84. The van der Waals surface area contributed by atoms with Crippen molar-refractivity contribution in [1.82, 2.24) is 0 Å². The topological polar surface area (TPSA) is 83.6 Å². The van der Waals surface area contributed by atoms with Crippen molar-refractivity contribution >= 4 is 33.0 Å². The minimum atomic E-state index is -3.61. The van der Waals surface area contributed by atoms with Gasteiger partial charge in [-0.25, -0.2) is 8.42 Å². The number of nitrogens with one attached hydrogen (secondary N) is 1. The predicted molar refractivity (Wildman–Crippen MR) is 123 cm³/mol. The van der Waals surface area contributed by atoms with Crippen molar-refractivity contribution in [3.05, 3.63) is 53.6 Å². The van der Waals surface area contributed by atoms with Crippen LogP contribution in [0.25, 0.3) is 0 Å². The number of rotatable bonds is 7. The number of benzene rings is 2. The average molecular weight is 443 g/mol. The number of nitrogens with zero attached hydrogens (tertiary/aromatic N) is 1. The maximum absolute atomic E-state index is 12.8. The molecule has 1 aliphatic rings. The van der Waals surface area contributed by atoms with Gasteiger partial charge in [0.25, 0.3) is 0 Å². The number of hydrogen-bond acceptors (Lipinski definition) is 4. The number of anilines is 2. The molecule has 1 unspecified atom stereocenters. The quantitative estimate of drug-likeness (QED) is 0.693. The molecule has 3 rings (SSSR count). The fourth-order valence-corrected chi connectivity index (χ4v) is 5.16. The zero-order chi connectivity index (χ0) is 22.8. The molecule has 0 saturated carbocycles. The second-order valence-electron chi connectivity index (χ2n) is 8.35. The molecule has 2 aromatic rings. The molecular formula is C24H30N2O4S. The molecule has 1 aliphatic heterocycles. The summed E-state index contributed by atoms with van der Waals surface area (Å²) in [5.74, 6) is -0.179. The van der Waals surface area contributed by atoms with E-state index in [0.29, 0.717) is 24.4 Å². The van der Waals surface area contributed by atoms with Crippen LogP contribution in [0.2, 0.25) is 0 Å². The highest BCUT2D eigenvalue weighted by molar-refractivity contribution is 7.91. The Morgan fingerprint density at radius 3 is 2.42 bits per heavy atom. The third-order valence-corrected chi connectivity index (χ3v) is 7.37. The molecule has 0 fully saturated rings. The van der Waals surface area contributed by atoms with E-state index >= 15 is 0 Å². The first-order valence-corrected chi connectivity index (χ1v) is 12.3. The van der Waals surface area contributed by atoms with Crippen molar-refractivity contribution < 1.29 is 18.0 Å². The Morgan fingerprint density at radius 1 is 1.13 bits per heavy atom. The molecule has 1 heterocycles. The van der Waals surface area contributed by atoms with Gasteiger partial charge in [-0.3, -0.25) is 9.59 Å². The van der Waals surface area contributed by atoms with Crippen LogP contribution < -0.4 is 10.2 Å². The average Bonchev–Trinajstić information content (AvgIpc) is 3.07. The zero-order valence-electron chi connectivity index (χ0n) is 18.5. The molecule has 2 aromatic carbocycles. The van der Waals surface area contributed by atoms with Gasteiger partial charge in [-0.2, -0.15) is 0 Å². The Hall–Kier alpha value is -2.67. The van der Waals surface area contributed by atoms with E-state index in [4.69, 9.17) is 0 Å². The summed E-state index contributed by atoms with van der Waals surface area (Å²) in [4.78, 5) is 26.4. The van der Waals surface area contributed by atoms with E-state index in [2.05, 4.69) is 19.2 Å². The highest BCUT2D eigenvalue weighted by Crippen LogP contribution is 2.34. The highest BCUT2D eigenvalue weighted by Gasteiger charge is 2.31. The van der Waals surface area contributed by atoms with E-state index in [1.54, 1.807) is 17.0 Å². The van der Waals surface area contributed by atoms with Crippen molar-refractivity contribution in [2.45, 2.75) is 63.8 Å². The van der Waals surface area contributed by atoms with Gasteiger partial charge in [0.05, 0.1) is 10.6 Å². The standard InChI is InChI=1S/C24H30N2O4S/c1-5-24(28)26-17(4)14-19-15-21(10-11-22(19)26)31(29,30)13-12-23(27)25-20-8-6-18(7-9-20)16(2)3/h6-11,15-17H,5,12-14H2,1-4H3,(H,25,27). The lowest BCUT2D eigenvalue weighted by molar-refractivity contribution is -0.118. The summed E-state index contributed by atoms with van der Waals surface area (Å²) >= 11 is 0. The first-order valence-electron chi connectivity index (χ1n) is 10.7. The number of sulfone groups is 1. The van der Waals surface area contributed by atoms with Crippen LogP contribution in [-0.2, 0) is 25.8 Å². The smallest absolute Gasteiger partial charge is 0.226 e. The summed E-state index contributed by atoms with van der Waals surface area (Å²) in [7, 11) is -3.61. The first kappa shape index (κ1) is 23.0. The third kappa shape index (κ3) is 5.15. The molecule has 0 radical (unpaired) electrons. The summed E-state index contributed by atoms with van der Waals surface area (Å²) in [6, 6.07) is 12.4. The second kappa shape index (κ2) is 9.22. The van der Waals surface area contributed by atoms with Crippen molar-refractivity contribution in [2.75, 3.05) is 16.0 Å².